The maximum Gasteiger partial charge on any atom is 0.503 e. The Bertz CT molecular complexity index is 29.9. The molecule has 0 aliphatic carbocycles. The number of carboxylic acid groups (broad SMARTS) is 2. The number of hydrogen-bond donors (Lipinski definition) is 2. The van der Waals surface area contributed by atoms with Gasteiger partial charge in [0.1, 0.15) is 0 Å². The standard InChI is InChI=1S/CH2O3.Hf/c2-1(3)4;/h(H2,2,3,4);. The van der Waals surface area contributed by atoms with Crippen molar-refractivity contribution in [3.8, 4) is 0 Å². The summed E-state index contributed by atoms with van der Waals surface area (Å²) in [6.45, 7) is 0. The van der Waals surface area contributed by atoms with Crippen molar-refractivity contribution in [3.63, 3.8) is 0 Å². The minimum atomic E-state index is -1.83. The maximum atomic E-state index is 8.56. The van der Waals surface area contributed by atoms with E-state index in [2.05, 4.69) is 0 Å². The van der Waals surface area contributed by atoms with Gasteiger partial charge in [0.2, 0.25) is 0 Å². The first-order valence-corrected chi connectivity index (χ1v) is 0.651. The van der Waals surface area contributed by atoms with Gasteiger partial charge in [-0.3, -0.25) is 0 Å². The van der Waals surface area contributed by atoms with E-state index in [1.54, 1.807) is 0 Å². The average molecular weight is 241 g/mol. The van der Waals surface area contributed by atoms with Crippen LogP contribution in [0.25, 0.3) is 0 Å². The molecule has 0 aliphatic heterocycles. The predicted molar refractivity (Wildman–Crippen MR) is 10.7 cm³/mol. The molecule has 4 heteroatoms. The Morgan fingerprint density at radius 3 is 1.40 bits per heavy atom. The van der Waals surface area contributed by atoms with E-state index in [0.717, 1.165) is 0 Å². The van der Waals surface area contributed by atoms with Crippen LogP contribution in [0.4, 0.5) is 4.79 Å². The van der Waals surface area contributed by atoms with Crippen molar-refractivity contribution in [2.75, 3.05) is 0 Å². The van der Waals surface area contributed by atoms with Gasteiger partial charge in [-0.15, -0.1) is 0 Å². The molecular weight excluding hydrogens is 238 g/mol. The molecule has 0 aromatic carbocycles. The first-order chi connectivity index (χ1) is 1.73. The zero-order valence-electron chi connectivity index (χ0n) is 2.30. The van der Waals surface area contributed by atoms with Gasteiger partial charge in [-0.2, -0.15) is 0 Å². The molecule has 0 amide bonds. The molecule has 2 N–H and O–H groups in total. The number of rotatable bonds is 0. The summed E-state index contributed by atoms with van der Waals surface area (Å²) in [5.41, 5.74) is 0. The van der Waals surface area contributed by atoms with Gasteiger partial charge < -0.3 is 10.2 Å². The molecule has 28 valence electrons. The molecule has 0 atom stereocenters. The smallest absolute Gasteiger partial charge is 0.450 e. The molecular formula is CH2HfO3. The molecule has 0 spiro atoms. The fraction of sp³-hybridized carbons (Fsp3) is 0. The topological polar surface area (TPSA) is 57.5 Å². The van der Waals surface area contributed by atoms with Crippen LogP contribution in [-0.2, 0) is 25.8 Å². The number of carbonyl (C=O) groups is 1. The molecule has 0 fully saturated rings. The average Bonchev–Trinajstić information content (AvgIpc) is 0.811. The van der Waals surface area contributed by atoms with Crippen LogP contribution in [0.1, 0.15) is 0 Å². The third kappa shape index (κ3) is 966. The van der Waals surface area contributed by atoms with Gasteiger partial charge in [0.15, 0.2) is 0 Å². The van der Waals surface area contributed by atoms with Crippen molar-refractivity contribution in [3.05, 3.63) is 0 Å². The Morgan fingerprint density at radius 1 is 1.40 bits per heavy atom. The van der Waals surface area contributed by atoms with Gasteiger partial charge >= 0.3 is 6.16 Å². The van der Waals surface area contributed by atoms with Crippen molar-refractivity contribution in [2.24, 2.45) is 0 Å². The second kappa shape index (κ2) is 4.14. The Kier molecular flexibility index (Phi) is 7.40. The van der Waals surface area contributed by atoms with Crippen LogP contribution in [0.3, 0.4) is 0 Å². The molecule has 0 radical (unpaired) electrons. The van der Waals surface area contributed by atoms with Crippen LogP contribution in [0.2, 0.25) is 0 Å². The molecule has 0 bridgehead atoms. The molecule has 0 heterocycles. The summed E-state index contributed by atoms with van der Waals surface area (Å²) in [7, 11) is 0. The van der Waals surface area contributed by atoms with Crippen molar-refractivity contribution >= 4 is 6.16 Å². The van der Waals surface area contributed by atoms with Crippen LogP contribution < -0.4 is 0 Å². The second-order valence-electron chi connectivity index (χ2n) is 0.283. The monoisotopic (exact) mass is 242 g/mol. The van der Waals surface area contributed by atoms with Crippen LogP contribution in [-0.4, -0.2) is 16.4 Å². The fourth-order valence-corrected chi connectivity index (χ4v) is 0. The van der Waals surface area contributed by atoms with Crippen LogP contribution in [0.15, 0.2) is 0 Å². The van der Waals surface area contributed by atoms with Gasteiger partial charge in [0, 0.05) is 25.8 Å². The van der Waals surface area contributed by atoms with Gasteiger partial charge in [-0.1, -0.05) is 0 Å². The van der Waals surface area contributed by atoms with Gasteiger partial charge in [0.05, 0.1) is 0 Å². The zero-order chi connectivity index (χ0) is 3.58. The Hall–Kier alpha value is 0.140. The molecule has 0 aromatic heterocycles. The zero-order valence-corrected chi connectivity index (χ0v) is 5.90. The van der Waals surface area contributed by atoms with Crippen molar-refractivity contribution in [1.82, 2.24) is 0 Å². The summed E-state index contributed by atoms with van der Waals surface area (Å²) in [6.07, 6.45) is -1.83. The predicted octanol–water partition coefficient (Wildman–Crippen LogP) is 0.220. The van der Waals surface area contributed by atoms with E-state index in [1.807, 2.05) is 0 Å². The minimum Gasteiger partial charge on any atom is -0.450 e. The third-order valence-electron chi connectivity index (χ3n) is 0. The van der Waals surface area contributed by atoms with Crippen molar-refractivity contribution < 1.29 is 40.9 Å². The first-order valence-electron chi connectivity index (χ1n) is 0.651. The van der Waals surface area contributed by atoms with E-state index in [4.69, 9.17) is 15.0 Å². The largest absolute Gasteiger partial charge is 0.503 e. The van der Waals surface area contributed by atoms with Gasteiger partial charge in [0.25, 0.3) is 0 Å². The summed E-state index contributed by atoms with van der Waals surface area (Å²) in [6, 6.07) is 0. The third-order valence-corrected chi connectivity index (χ3v) is 0. The Balaban J connectivity index is 0. The van der Waals surface area contributed by atoms with E-state index < -0.39 is 6.16 Å². The molecule has 0 aromatic rings. The quantitative estimate of drug-likeness (QED) is 0.596. The summed E-state index contributed by atoms with van der Waals surface area (Å²) in [5.74, 6) is 0. The molecule has 0 aliphatic rings. The van der Waals surface area contributed by atoms with Gasteiger partial charge in [-0.05, 0) is 0 Å². The van der Waals surface area contributed by atoms with Gasteiger partial charge in [-0.25, -0.2) is 4.79 Å². The minimum absolute atomic E-state index is 0. The SMILES string of the molecule is O=C(O)O.[Hf]. The summed E-state index contributed by atoms with van der Waals surface area (Å²) >= 11 is 0. The molecule has 0 unspecified atom stereocenters. The fourth-order valence-electron chi connectivity index (χ4n) is 0. The van der Waals surface area contributed by atoms with Crippen molar-refractivity contribution in [1.29, 1.82) is 0 Å². The molecule has 0 saturated heterocycles. The molecule has 3 nitrogen and oxygen atoms in total. The summed E-state index contributed by atoms with van der Waals surface area (Å²) in [5, 5.41) is 13.9. The van der Waals surface area contributed by atoms with E-state index in [0.29, 0.717) is 0 Å². The van der Waals surface area contributed by atoms with E-state index in [-0.39, 0.29) is 25.8 Å². The summed E-state index contributed by atoms with van der Waals surface area (Å²) < 4.78 is 0. The van der Waals surface area contributed by atoms with Crippen LogP contribution >= 0.6 is 0 Å². The maximum absolute atomic E-state index is 8.56. The van der Waals surface area contributed by atoms with Crippen LogP contribution in [0, 0.1) is 0 Å². The van der Waals surface area contributed by atoms with E-state index >= 15 is 0 Å². The Labute approximate surface area is 47.4 Å². The normalized spacial score (nSPS) is 4.80. The second-order valence-corrected chi connectivity index (χ2v) is 0.283. The Morgan fingerprint density at radius 2 is 1.40 bits per heavy atom. The molecule has 0 rings (SSSR count). The van der Waals surface area contributed by atoms with E-state index in [1.165, 1.54) is 0 Å². The first kappa shape index (κ1) is 8.94. The van der Waals surface area contributed by atoms with E-state index in [9.17, 15) is 0 Å². The molecule has 5 heavy (non-hydrogen) atoms. The molecule has 0 saturated carbocycles. The van der Waals surface area contributed by atoms with Crippen molar-refractivity contribution in [2.45, 2.75) is 0 Å². The summed E-state index contributed by atoms with van der Waals surface area (Å²) in [4.78, 5) is 8.56. The van der Waals surface area contributed by atoms with Crippen LogP contribution in [0.5, 0.6) is 0 Å². The number of hydrogen-bond acceptors (Lipinski definition) is 1.